The molecule has 0 aliphatic heterocycles. The van der Waals surface area contributed by atoms with Gasteiger partial charge in [-0.05, 0) is 17.7 Å². The number of carbonyl (C=O) groups excluding carboxylic acids is 2. The number of hydrogen-bond donors (Lipinski definition) is 3. The van der Waals surface area contributed by atoms with Gasteiger partial charge in [-0.25, -0.2) is 4.79 Å². The van der Waals surface area contributed by atoms with E-state index in [1.807, 2.05) is 0 Å². The minimum absolute atomic E-state index is 0.0172. The molecule has 1 atom stereocenters. The monoisotopic (exact) mass is 436 g/mol. The Balaban J connectivity index is 2.12. The van der Waals surface area contributed by atoms with Crippen LogP contribution in [0.2, 0.25) is 0 Å². The Morgan fingerprint density at radius 1 is 1.13 bits per heavy atom. The molecule has 12 nitrogen and oxygen atoms in total. The van der Waals surface area contributed by atoms with Crippen LogP contribution in [0.15, 0.2) is 36.4 Å². The quantitative estimate of drug-likeness (QED) is 0.300. The molecule has 2 rings (SSSR count). The predicted molar refractivity (Wildman–Crippen MR) is 104 cm³/mol. The molecule has 0 spiro atoms. The third-order valence-electron chi connectivity index (χ3n) is 4.10. The van der Waals surface area contributed by atoms with E-state index in [2.05, 4.69) is 15.4 Å². The van der Waals surface area contributed by atoms with Crippen molar-refractivity contribution in [3.63, 3.8) is 0 Å². The van der Waals surface area contributed by atoms with E-state index in [0.717, 1.165) is 7.11 Å². The highest BCUT2D eigenvalue weighted by Crippen LogP contribution is 2.31. The van der Waals surface area contributed by atoms with E-state index in [1.54, 1.807) is 12.1 Å². The summed E-state index contributed by atoms with van der Waals surface area (Å²) < 4.78 is 18.5. The molecule has 0 bridgehead atoms. The summed E-state index contributed by atoms with van der Waals surface area (Å²) in [6, 6.07) is 5.75. The van der Waals surface area contributed by atoms with Crippen LogP contribution >= 0.6 is 0 Å². The lowest BCUT2D eigenvalue weighted by Crippen LogP contribution is -2.45. The summed E-state index contributed by atoms with van der Waals surface area (Å²) >= 11 is 0. The fourth-order valence-electron chi connectivity index (χ4n) is 2.61. The molecule has 1 amide bonds. The molecule has 0 saturated carbocycles. The summed E-state index contributed by atoms with van der Waals surface area (Å²) in [5.74, 6) is -2.84. The van der Waals surface area contributed by atoms with Gasteiger partial charge in [-0.3, -0.25) is 25.0 Å². The molecule has 0 heterocycles. The molecule has 2 aromatic carbocycles. The third kappa shape index (κ3) is 6.09. The molecule has 0 aliphatic rings. The number of anilines is 1. The van der Waals surface area contributed by atoms with Crippen LogP contribution in [-0.2, 0) is 20.7 Å². The summed E-state index contributed by atoms with van der Waals surface area (Å²) in [6.07, 6.45) is 0.0327. The molecule has 0 aromatic heterocycles. The van der Waals surface area contributed by atoms with E-state index >= 15 is 0 Å². The number of methoxy groups -OCH3 is 1. The van der Waals surface area contributed by atoms with Gasteiger partial charge in [0.25, 0.3) is 5.69 Å². The molecule has 2 aromatic rings. The van der Waals surface area contributed by atoms with Crippen LogP contribution in [0.3, 0.4) is 0 Å². The van der Waals surface area contributed by atoms with Gasteiger partial charge in [0.15, 0.2) is 0 Å². The lowest BCUT2D eigenvalue weighted by atomic mass is 10.1. The lowest BCUT2D eigenvalue weighted by Gasteiger charge is -2.17. The number of carbonyl (C=O) groups is 2. The number of nitrogens with zero attached hydrogens (tertiary/aromatic N) is 2. The molecule has 0 aliphatic carbocycles. The van der Waals surface area contributed by atoms with Gasteiger partial charge in [-0.2, -0.15) is 4.39 Å². The van der Waals surface area contributed by atoms with Crippen LogP contribution in [0, 0.1) is 26.0 Å². The van der Waals surface area contributed by atoms with E-state index < -0.39 is 57.2 Å². The number of benzene rings is 2. The van der Waals surface area contributed by atoms with Gasteiger partial charge in [0.1, 0.15) is 17.5 Å². The van der Waals surface area contributed by atoms with E-state index in [9.17, 15) is 39.3 Å². The Hall–Kier alpha value is -4.29. The van der Waals surface area contributed by atoms with Crippen molar-refractivity contribution < 1.29 is 33.7 Å². The first-order valence-electron chi connectivity index (χ1n) is 8.63. The van der Waals surface area contributed by atoms with E-state index in [-0.39, 0.29) is 12.2 Å². The zero-order valence-electron chi connectivity index (χ0n) is 16.0. The van der Waals surface area contributed by atoms with Crippen LogP contribution in [-0.4, -0.2) is 46.5 Å². The average Bonchev–Trinajstić information content (AvgIpc) is 2.72. The fourth-order valence-corrected chi connectivity index (χ4v) is 2.61. The summed E-state index contributed by atoms with van der Waals surface area (Å²) in [6.45, 7) is -0.596. The number of phenols is 1. The Bertz CT molecular complexity index is 1010. The molecule has 0 saturated heterocycles. The molecule has 31 heavy (non-hydrogen) atoms. The van der Waals surface area contributed by atoms with Gasteiger partial charge in [-0.1, -0.05) is 12.1 Å². The number of amides is 1. The second-order valence-corrected chi connectivity index (χ2v) is 6.20. The lowest BCUT2D eigenvalue weighted by molar-refractivity contribution is -0.395. The largest absolute Gasteiger partial charge is 0.508 e. The first-order valence-corrected chi connectivity index (χ1v) is 8.63. The second kappa shape index (κ2) is 9.96. The van der Waals surface area contributed by atoms with Gasteiger partial charge < -0.3 is 20.5 Å². The second-order valence-electron chi connectivity index (χ2n) is 6.20. The predicted octanol–water partition coefficient (Wildman–Crippen LogP) is 1.66. The summed E-state index contributed by atoms with van der Waals surface area (Å²) in [5.41, 5.74) is -1.72. The maximum atomic E-state index is 13.8. The summed E-state index contributed by atoms with van der Waals surface area (Å²) in [7, 11) is 1.12. The van der Waals surface area contributed by atoms with Crippen molar-refractivity contribution in [2.75, 3.05) is 19.0 Å². The summed E-state index contributed by atoms with van der Waals surface area (Å²) in [4.78, 5) is 44.0. The van der Waals surface area contributed by atoms with Gasteiger partial charge in [0.05, 0.1) is 29.6 Å². The zero-order chi connectivity index (χ0) is 23.1. The number of esters is 1. The number of hydrogen-bond acceptors (Lipinski definition) is 9. The van der Waals surface area contributed by atoms with Crippen molar-refractivity contribution in [3.05, 3.63) is 68.0 Å². The van der Waals surface area contributed by atoms with Crippen LogP contribution in [0.5, 0.6) is 5.75 Å². The normalized spacial score (nSPS) is 11.3. The SMILES string of the molecule is COC(=O)[C@H](Cc1ccc(O)cc1)NC(=O)CNc1cc(F)c([N+](=O)[O-])cc1[N+](=O)[O-]. The molecular formula is C18H17FN4O8. The van der Waals surface area contributed by atoms with Crippen LogP contribution in [0.25, 0.3) is 0 Å². The average molecular weight is 436 g/mol. The number of rotatable bonds is 9. The highest BCUT2D eigenvalue weighted by molar-refractivity contribution is 5.87. The van der Waals surface area contributed by atoms with Crippen molar-refractivity contribution in [1.82, 2.24) is 5.32 Å². The number of nitrogens with one attached hydrogen (secondary N) is 2. The van der Waals surface area contributed by atoms with Crippen molar-refractivity contribution in [2.24, 2.45) is 0 Å². The van der Waals surface area contributed by atoms with Crippen LogP contribution < -0.4 is 10.6 Å². The number of ether oxygens (including phenoxy) is 1. The Kier molecular flexibility index (Phi) is 7.38. The maximum Gasteiger partial charge on any atom is 0.328 e. The zero-order valence-corrected chi connectivity index (χ0v) is 16.0. The number of phenolic OH excluding ortho intramolecular Hbond substituents is 1. The first-order chi connectivity index (χ1) is 14.6. The molecule has 13 heteroatoms. The minimum atomic E-state index is -1.32. The molecule has 0 fully saturated rings. The molecule has 164 valence electrons. The topological polar surface area (TPSA) is 174 Å². The van der Waals surface area contributed by atoms with E-state index in [1.165, 1.54) is 12.1 Å². The number of nitro benzene ring substituents is 2. The van der Waals surface area contributed by atoms with Gasteiger partial charge >= 0.3 is 11.7 Å². The highest BCUT2D eigenvalue weighted by atomic mass is 19.1. The van der Waals surface area contributed by atoms with Gasteiger partial charge in [-0.15, -0.1) is 0 Å². The molecule has 0 unspecified atom stereocenters. The molecule has 0 radical (unpaired) electrons. The smallest absolute Gasteiger partial charge is 0.328 e. The van der Waals surface area contributed by atoms with Crippen molar-refractivity contribution >= 4 is 28.9 Å². The molecular weight excluding hydrogens is 419 g/mol. The third-order valence-corrected chi connectivity index (χ3v) is 4.10. The van der Waals surface area contributed by atoms with Gasteiger partial charge in [0, 0.05) is 12.5 Å². The van der Waals surface area contributed by atoms with Crippen LogP contribution in [0.4, 0.5) is 21.5 Å². The Morgan fingerprint density at radius 2 is 1.74 bits per heavy atom. The summed E-state index contributed by atoms with van der Waals surface area (Å²) in [5, 5.41) is 35.9. The first kappa shape index (κ1) is 23.0. The van der Waals surface area contributed by atoms with Crippen LogP contribution in [0.1, 0.15) is 5.56 Å². The van der Waals surface area contributed by atoms with E-state index in [0.29, 0.717) is 17.7 Å². The Labute approximate surface area is 173 Å². The Morgan fingerprint density at radius 3 is 2.29 bits per heavy atom. The van der Waals surface area contributed by atoms with Gasteiger partial charge in [0.2, 0.25) is 11.7 Å². The number of nitro groups is 2. The highest BCUT2D eigenvalue weighted by Gasteiger charge is 2.26. The maximum absolute atomic E-state index is 13.8. The number of aromatic hydroxyl groups is 1. The standard InChI is InChI=1S/C18H17FN4O8/c1-31-18(26)14(6-10-2-4-11(24)5-3-10)21-17(25)9-20-13-7-12(19)15(22(27)28)8-16(13)23(29)30/h2-5,7-8,14,20,24H,6,9H2,1H3,(H,21,25)/t14-/m0/s1. The van der Waals surface area contributed by atoms with Crippen molar-refractivity contribution in [3.8, 4) is 5.75 Å². The minimum Gasteiger partial charge on any atom is -0.508 e. The van der Waals surface area contributed by atoms with E-state index in [4.69, 9.17) is 0 Å². The van der Waals surface area contributed by atoms with Crippen molar-refractivity contribution in [1.29, 1.82) is 0 Å². The molecule has 3 N–H and O–H groups in total. The number of halogens is 1. The fraction of sp³-hybridized carbons (Fsp3) is 0.222. The van der Waals surface area contributed by atoms with Crippen molar-refractivity contribution in [2.45, 2.75) is 12.5 Å².